The highest BCUT2D eigenvalue weighted by Gasteiger charge is 2.40. The lowest BCUT2D eigenvalue weighted by molar-refractivity contribution is 0.208. The molecule has 0 spiro atoms. The Hall–Kier alpha value is -0.730. The average Bonchev–Trinajstić information content (AvgIpc) is 2.54. The lowest BCUT2D eigenvalue weighted by atomic mass is 10.1. The molecule has 0 bridgehead atoms. The standard InChI is InChI=1S/C8H14N2O/c1-8(2-3-8)6-10-5-4-9-7(10)11/h2-6H2,1H3,(H,9,11). The number of rotatable bonds is 2. The summed E-state index contributed by atoms with van der Waals surface area (Å²) in [6.07, 6.45) is 2.58. The summed E-state index contributed by atoms with van der Waals surface area (Å²) in [5.74, 6) is 0. The van der Waals surface area contributed by atoms with Crippen molar-refractivity contribution in [2.24, 2.45) is 5.41 Å². The van der Waals surface area contributed by atoms with Crippen LogP contribution in [0.1, 0.15) is 19.8 Å². The van der Waals surface area contributed by atoms with Crippen LogP contribution in [0.4, 0.5) is 4.79 Å². The van der Waals surface area contributed by atoms with Crippen LogP contribution in [-0.4, -0.2) is 30.6 Å². The minimum atomic E-state index is 0.123. The Morgan fingerprint density at radius 3 is 2.82 bits per heavy atom. The normalized spacial score (nSPS) is 27.0. The molecule has 1 aliphatic carbocycles. The number of amides is 2. The Labute approximate surface area is 66.8 Å². The largest absolute Gasteiger partial charge is 0.336 e. The first-order valence-electron chi connectivity index (χ1n) is 4.22. The van der Waals surface area contributed by atoms with Crippen LogP contribution >= 0.6 is 0 Å². The first-order valence-corrected chi connectivity index (χ1v) is 4.22. The molecule has 2 aliphatic rings. The fraction of sp³-hybridized carbons (Fsp3) is 0.875. The van der Waals surface area contributed by atoms with Crippen molar-refractivity contribution in [3.8, 4) is 0 Å². The molecular formula is C8H14N2O. The predicted octanol–water partition coefficient (Wildman–Crippen LogP) is 0.812. The van der Waals surface area contributed by atoms with E-state index in [2.05, 4.69) is 12.2 Å². The van der Waals surface area contributed by atoms with Gasteiger partial charge in [-0.05, 0) is 18.3 Å². The highest BCUT2D eigenvalue weighted by atomic mass is 16.2. The van der Waals surface area contributed by atoms with E-state index in [-0.39, 0.29) is 6.03 Å². The third-order valence-corrected chi connectivity index (χ3v) is 2.62. The van der Waals surface area contributed by atoms with Crippen molar-refractivity contribution in [3.05, 3.63) is 0 Å². The minimum Gasteiger partial charge on any atom is -0.336 e. The average molecular weight is 154 g/mol. The molecule has 0 radical (unpaired) electrons. The number of carbonyl (C=O) groups is 1. The number of urea groups is 1. The zero-order valence-electron chi connectivity index (χ0n) is 6.89. The summed E-state index contributed by atoms with van der Waals surface area (Å²) < 4.78 is 0. The summed E-state index contributed by atoms with van der Waals surface area (Å²) in [7, 11) is 0. The molecule has 2 fully saturated rings. The van der Waals surface area contributed by atoms with Crippen LogP contribution < -0.4 is 5.32 Å². The van der Waals surface area contributed by atoms with Gasteiger partial charge in [-0.1, -0.05) is 6.92 Å². The van der Waals surface area contributed by atoms with Crippen molar-refractivity contribution in [1.29, 1.82) is 0 Å². The Morgan fingerprint density at radius 2 is 2.36 bits per heavy atom. The summed E-state index contributed by atoms with van der Waals surface area (Å²) in [6.45, 7) is 4.93. The molecule has 1 N–H and O–H groups in total. The van der Waals surface area contributed by atoms with Gasteiger partial charge in [0, 0.05) is 19.6 Å². The van der Waals surface area contributed by atoms with Crippen LogP contribution in [0.25, 0.3) is 0 Å². The van der Waals surface area contributed by atoms with Gasteiger partial charge in [-0.2, -0.15) is 0 Å². The van der Waals surface area contributed by atoms with Gasteiger partial charge in [0.2, 0.25) is 0 Å². The lowest BCUT2D eigenvalue weighted by Gasteiger charge is -2.18. The smallest absolute Gasteiger partial charge is 0.317 e. The zero-order valence-corrected chi connectivity index (χ0v) is 6.89. The van der Waals surface area contributed by atoms with Gasteiger partial charge >= 0.3 is 6.03 Å². The van der Waals surface area contributed by atoms with Crippen LogP contribution in [0, 0.1) is 5.41 Å². The maximum Gasteiger partial charge on any atom is 0.317 e. The summed E-state index contributed by atoms with van der Waals surface area (Å²) in [5, 5.41) is 2.81. The van der Waals surface area contributed by atoms with Crippen LogP contribution in [0.15, 0.2) is 0 Å². The molecule has 1 saturated heterocycles. The molecule has 0 aromatic carbocycles. The van der Waals surface area contributed by atoms with Crippen molar-refractivity contribution in [2.45, 2.75) is 19.8 Å². The van der Waals surface area contributed by atoms with E-state index in [0.29, 0.717) is 5.41 Å². The molecule has 0 aromatic rings. The highest BCUT2D eigenvalue weighted by Crippen LogP contribution is 2.45. The summed E-state index contributed by atoms with van der Waals surface area (Å²) in [5.41, 5.74) is 0.460. The third kappa shape index (κ3) is 1.32. The van der Waals surface area contributed by atoms with Gasteiger partial charge in [0.15, 0.2) is 0 Å². The Balaban J connectivity index is 1.90. The number of carbonyl (C=O) groups excluding carboxylic acids is 1. The fourth-order valence-electron chi connectivity index (χ4n) is 1.49. The molecule has 0 aromatic heterocycles. The summed E-state index contributed by atoms with van der Waals surface area (Å²) in [4.78, 5) is 13.0. The second kappa shape index (κ2) is 2.13. The molecular weight excluding hydrogens is 140 g/mol. The molecule has 3 nitrogen and oxygen atoms in total. The fourth-order valence-corrected chi connectivity index (χ4v) is 1.49. The van der Waals surface area contributed by atoms with E-state index in [4.69, 9.17) is 0 Å². The van der Waals surface area contributed by atoms with E-state index in [1.807, 2.05) is 4.90 Å². The predicted molar refractivity (Wildman–Crippen MR) is 42.3 cm³/mol. The first-order chi connectivity index (χ1) is 5.20. The van der Waals surface area contributed by atoms with Gasteiger partial charge in [-0.25, -0.2) is 4.79 Å². The van der Waals surface area contributed by atoms with E-state index in [9.17, 15) is 4.79 Å². The van der Waals surface area contributed by atoms with Crippen molar-refractivity contribution in [1.82, 2.24) is 10.2 Å². The lowest BCUT2D eigenvalue weighted by Crippen LogP contribution is -2.32. The number of nitrogens with zero attached hydrogens (tertiary/aromatic N) is 1. The third-order valence-electron chi connectivity index (χ3n) is 2.62. The second-order valence-corrected chi connectivity index (χ2v) is 3.96. The van der Waals surface area contributed by atoms with Gasteiger partial charge in [0.25, 0.3) is 0 Å². The second-order valence-electron chi connectivity index (χ2n) is 3.96. The van der Waals surface area contributed by atoms with E-state index in [1.165, 1.54) is 12.8 Å². The monoisotopic (exact) mass is 154 g/mol. The first kappa shape index (κ1) is 6.95. The Morgan fingerprint density at radius 1 is 1.64 bits per heavy atom. The molecule has 3 heteroatoms. The Kier molecular flexibility index (Phi) is 1.34. The van der Waals surface area contributed by atoms with E-state index >= 15 is 0 Å². The quantitative estimate of drug-likeness (QED) is 0.627. The molecule has 1 saturated carbocycles. The number of nitrogens with one attached hydrogen (secondary N) is 1. The topological polar surface area (TPSA) is 32.3 Å². The van der Waals surface area contributed by atoms with Gasteiger partial charge in [-0.3, -0.25) is 0 Å². The maximum atomic E-state index is 11.1. The molecule has 2 rings (SSSR count). The number of hydrogen-bond acceptors (Lipinski definition) is 1. The summed E-state index contributed by atoms with van der Waals surface area (Å²) in [6, 6.07) is 0.123. The molecule has 1 aliphatic heterocycles. The van der Waals surface area contributed by atoms with Crippen LogP contribution in [0.3, 0.4) is 0 Å². The van der Waals surface area contributed by atoms with Gasteiger partial charge in [-0.15, -0.1) is 0 Å². The van der Waals surface area contributed by atoms with E-state index in [1.54, 1.807) is 0 Å². The van der Waals surface area contributed by atoms with E-state index < -0.39 is 0 Å². The van der Waals surface area contributed by atoms with Crippen molar-refractivity contribution in [3.63, 3.8) is 0 Å². The SMILES string of the molecule is CC1(CN2CCNC2=O)CC1. The number of hydrogen-bond donors (Lipinski definition) is 1. The minimum absolute atomic E-state index is 0.123. The van der Waals surface area contributed by atoms with Gasteiger partial charge in [0.05, 0.1) is 0 Å². The highest BCUT2D eigenvalue weighted by molar-refractivity contribution is 5.76. The van der Waals surface area contributed by atoms with Crippen molar-refractivity contribution >= 4 is 6.03 Å². The van der Waals surface area contributed by atoms with Crippen LogP contribution in [0.2, 0.25) is 0 Å². The Bertz CT molecular complexity index is 187. The van der Waals surface area contributed by atoms with Gasteiger partial charge < -0.3 is 10.2 Å². The van der Waals surface area contributed by atoms with Crippen LogP contribution in [-0.2, 0) is 0 Å². The van der Waals surface area contributed by atoms with Crippen molar-refractivity contribution < 1.29 is 4.79 Å². The van der Waals surface area contributed by atoms with Crippen molar-refractivity contribution in [2.75, 3.05) is 19.6 Å². The molecule has 0 atom stereocenters. The van der Waals surface area contributed by atoms with Gasteiger partial charge in [0.1, 0.15) is 0 Å². The molecule has 62 valence electrons. The van der Waals surface area contributed by atoms with Crippen LogP contribution in [0.5, 0.6) is 0 Å². The molecule has 0 unspecified atom stereocenters. The van der Waals surface area contributed by atoms with E-state index in [0.717, 1.165) is 19.6 Å². The maximum absolute atomic E-state index is 11.1. The molecule has 11 heavy (non-hydrogen) atoms. The molecule has 1 heterocycles. The molecule has 2 amide bonds. The zero-order chi connectivity index (χ0) is 7.90. The summed E-state index contributed by atoms with van der Waals surface area (Å²) >= 11 is 0.